The normalized spacial score (nSPS) is 19.1. The van der Waals surface area contributed by atoms with E-state index in [0.29, 0.717) is 12.8 Å². The second kappa shape index (κ2) is 4.09. The van der Waals surface area contributed by atoms with E-state index in [-0.39, 0.29) is 11.5 Å². The Labute approximate surface area is 87.8 Å². The summed E-state index contributed by atoms with van der Waals surface area (Å²) < 4.78 is 0. The Morgan fingerprint density at radius 1 is 1.40 bits per heavy atom. The van der Waals surface area contributed by atoms with Crippen LogP contribution in [0.5, 0.6) is 0 Å². The molecular weight excluding hydrogens is 190 g/mol. The van der Waals surface area contributed by atoms with Gasteiger partial charge in [0.1, 0.15) is 5.76 Å². The number of carbonyl (C=O) groups excluding carboxylic acids is 1. The molecule has 1 aliphatic carbocycles. The van der Waals surface area contributed by atoms with Gasteiger partial charge in [-0.25, -0.2) is 0 Å². The predicted octanol–water partition coefficient (Wildman–Crippen LogP) is 2.27. The summed E-state index contributed by atoms with van der Waals surface area (Å²) in [4.78, 5) is 15.0. The molecule has 0 unspecified atom stereocenters. The third kappa shape index (κ3) is 2.31. The molecule has 0 radical (unpaired) electrons. The fourth-order valence-corrected chi connectivity index (χ4v) is 1.51. The van der Waals surface area contributed by atoms with Gasteiger partial charge in [0.2, 0.25) is 0 Å². The van der Waals surface area contributed by atoms with Crippen LogP contribution in [-0.4, -0.2) is 15.9 Å². The Balaban J connectivity index is 2.29. The van der Waals surface area contributed by atoms with Crippen molar-refractivity contribution >= 4 is 11.9 Å². The third-order valence-corrected chi connectivity index (χ3v) is 2.29. The molecule has 0 amide bonds. The number of aromatic nitrogens is 1. The first-order chi connectivity index (χ1) is 7.25. The number of pyridine rings is 1. The molecule has 0 aliphatic heterocycles. The van der Waals surface area contributed by atoms with E-state index < -0.39 is 0 Å². The Morgan fingerprint density at radius 3 is 2.93 bits per heavy atom. The van der Waals surface area contributed by atoms with Gasteiger partial charge in [-0.2, -0.15) is 0 Å². The van der Waals surface area contributed by atoms with Crippen LogP contribution in [0.15, 0.2) is 41.9 Å². The highest BCUT2D eigenvalue weighted by molar-refractivity contribution is 5.92. The lowest BCUT2D eigenvalue weighted by atomic mass is 9.97. The summed E-state index contributed by atoms with van der Waals surface area (Å²) in [6.07, 6.45) is 7.61. The monoisotopic (exact) mass is 201 g/mol. The van der Waals surface area contributed by atoms with Gasteiger partial charge >= 0.3 is 0 Å². The van der Waals surface area contributed by atoms with Crippen LogP contribution in [0.2, 0.25) is 0 Å². The summed E-state index contributed by atoms with van der Waals surface area (Å²) in [5.41, 5.74) is 1.73. The molecule has 0 fully saturated rings. The Kier molecular flexibility index (Phi) is 2.63. The average Bonchev–Trinajstić information content (AvgIpc) is 2.24. The van der Waals surface area contributed by atoms with E-state index in [1.807, 2.05) is 18.2 Å². The van der Waals surface area contributed by atoms with E-state index >= 15 is 0 Å². The Hall–Kier alpha value is -1.90. The van der Waals surface area contributed by atoms with Crippen molar-refractivity contribution in [2.24, 2.45) is 0 Å². The van der Waals surface area contributed by atoms with E-state index in [0.717, 1.165) is 11.1 Å². The van der Waals surface area contributed by atoms with Crippen LogP contribution in [0.4, 0.5) is 0 Å². The van der Waals surface area contributed by atoms with Gasteiger partial charge in [0.05, 0.1) is 0 Å². The van der Waals surface area contributed by atoms with Crippen molar-refractivity contribution in [3.8, 4) is 0 Å². The zero-order valence-corrected chi connectivity index (χ0v) is 8.18. The highest BCUT2D eigenvalue weighted by Gasteiger charge is 2.13. The van der Waals surface area contributed by atoms with E-state index in [2.05, 4.69) is 4.98 Å². The highest BCUT2D eigenvalue weighted by Crippen LogP contribution is 2.22. The lowest BCUT2D eigenvalue weighted by molar-refractivity contribution is -0.114. The molecule has 1 heterocycles. The maximum absolute atomic E-state index is 11.0. The molecule has 1 aromatic heterocycles. The summed E-state index contributed by atoms with van der Waals surface area (Å²) in [6.45, 7) is 0. The molecule has 3 nitrogen and oxygen atoms in total. The van der Waals surface area contributed by atoms with Gasteiger partial charge in [0.15, 0.2) is 5.78 Å². The first kappa shape index (κ1) is 9.65. The minimum atomic E-state index is -0.0177. The highest BCUT2D eigenvalue weighted by atomic mass is 16.3. The van der Waals surface area contributed by atoms with Crippen LogP contribution in [0.25, 0.3) is 6.08 Å². The zero-order chi connectivity index (χ0) is 10.7. The van der Waals surface area contributed by atoms with Crippen LogP contribution in [-0.2, 0) is 4.79 Å². The standard InChI is InChI=1S/C12H11NO2/c14-11-4-3-10(12(15)7-11)6-9-2-1-5-13-8-9/h1-2,5-8,15H,3-4H2/b10-6-. The zero-order valence-electron chi connectivity index (χ0n) is 8.18. The van der Waals surface area contributed by atoms with Crippen LogP contribution >= 0.6 is 0 Å². The smallest absolute Gasteiger partial charge is 0.159 e. The number of nitrogens with zero attached hydrogens (tertiary/aromatic N) is 1. The number of aliphatic hydroxyl groups excluding tert-OH is 1. The van der Waals surface area contributed by atoms with Crippen molar-refractivity contribution in [1.29, 1.82) is 0 Å². The van der Waals surface area contributed by atoms with Gasteiger partial charge < -0.3 is 5.11 Å². The number of allylic oxidation sites excluding steroid dienone is 2. The second-order valence-corrected chi connectivity index (χ2v) is 3.45. The fraction of sp³-hybridized carbons (Fsp3) is 0.167. The van der Waals surface area contributed by atoms with E-state index in [9.17, 15) is 9.90 Å². The van der Waals surface area contributed by atoms with E-state index in [1.54, 1.807) is 12.4 Å². The lowest BCUT2D eigenvalue weighted by Gasteiger charge is -2.10. The molecule has 1 aromatic rings. The number of rotatable bonds is 1. The molecule has 0 saturated heterocycles. The summed E-state index contributed by atoms with van der Waals surface area (Å²) in [5, 5.41) is 9.55. The lowest BCUT2D eigenvalue weighted by Crippen LogP contribution is -2.05. The molecule has 0 bridgehead atoms. The van der Waals surface area contributed by atoms with Crippen LogP contribution in [0, 0.1) is 0 Å². The van der Waals surface area contributed by atoms with Crippen LogP contribution < -0.4 is 0 Å². The third-order valence-electron chi connectivity index (χ3n) is 2.29. The van der Waals surface area contributed by atoms with Crippen molar-refractivity contribution in [2.75, 3.05) is 0 Å². The Bertz CT molecular complexity index is 432. The van der Waals surface area contributed by atoms with Crippen LogP contribution in [0.1, 0.15) is 18.4 Å². The average molecular weight is 201 g/mol. The molecule has 76 valence electrons. The number of aliphatic hydroxyl groups is 1. The first-order valence-electron chi connectivity index (χ1n) is 4.80. The summed E-state index contributed by atoms with van der Waals surface area (Å²) in [7, 11) is 0. The number of hydrogen-bond acceptors (Lipinski definition) is 3. The number of hydrogen-bond donors (Lipinski definition) is 1. The van der Waals surface area contributed by atoms with Gasteiger partial charge in [-0.05, 0) is 29.7 Å². The van der Waals surface area contributed by atoms with Gasteiger partial charge in [0, 0.05) is 24.9 Å². The number of carbonyl (C=O) groups is 1. The van der Waals surface area contributed by atoms with Gasteiger partial charge in [-0.15, -0.1) is 0 Å². The summed E-state index contributed by atoms with van der Waals surface area (Å²) in [6, 6.07) is 3.74. The van der Waals surface area contributed by atoms with Crippen molar-refractivity contribution in [1.82, 2.24) is 4.98 Å². The molecule has 0 saturated carbocycles. The predicted molar refractivity (Wildman–Crippen MR) is 57.2 cm³/mol. The molecule has 15 heavy (non-hydrogen) atoms. The van der Waals surface area contributed by atoms with Crippen molar-refractivity contribution in [2.45, 2.75) is 12.8 Å². The molecule has 0 spiro atoms. The molecular formula is C12H11NO2. The van der Waals surface area contributed by atoms with Crippen molar-refractivity contribution < 1.29 is 9.90 Å². The van der Waals surface area contributed by atoms with Gasteiger partial charge in [-0.1, -0.05) is 6.07 Å². The summed E-state index contributed by atoms with van der Waals surface area (Å²) >= 11 is 0. The van der Waals surface area contributed by atoms with Gasteiger partial charge in [0.25, 0.3) is 0 Å². The molecule has 2 rings (SSSR count). The molecule has 0 aromatic carbocycles. The second-order valence-electron chi connectivity index (χ2n) is 3.45. The molecule has 3 heteroatoms. The number of ketones is 1. The molecule has 0 atom stereocenters. The summed E-state index contributed by atoms with van der Waals surface area (Å²) in [5.74, 6) is 0.0611. The van der Waals surface area contributed by atoms with E-state index in [1.165, 1.54) is 6.08 Å². The topological polar surface area (TPSA) is 50.2 Å². The Morgan fingerprint density at radius 2 is 2.27 bits per heavy atom. The SMILES string of the molecule is O=C1C=C(O)/C(=C\c2cccnc2)CC1. The molecule has 1 N–H and O–H groups in total. The maximum atomic E-state index is 11.0. The maximum Gasteiger partial charge on any atom is 0.159 e. The fourth-order valence-electron chi connectivity index (χ4n) is 1.51. The first-order valence-corrected chi connectivity index (χ1v) is 4.80. The largest absolute Gasteiger partial charge is 0.508 e. The minimum absolute atomic E-state index is 0.0177. The van der Waals surface area contributed by atoms with Crippen molar-refractivity contribution in [3.63, 3.8) is 0 Å². The minimum Gasteiger partial charge on any atom is -0.508 e. The van der Waals surface area contributed by atoms with Crippen LogP contribution in [0.3, 0.4) is 0 Å². The van der Waals surface area contributed by atoms with E-state index in [4.69, 9.17) is 0 Å². The quantitative estimate of drug-likeness (QED) is 0.758. The van der Waals surface area contributed by atoms with Crippen molar-refractivity contribution in [3.05, 3.63) is 47.5 Å². The van der Waals surface area contributed by atoms with Gasteiger partial charge in [-0.3, -0.25) is 9.78 Å². The molecule has 1 aliphatic rings.